The highest BCUT2D eigenvalue weighted by Gasteiger charge is 2.24. The van der Waals surface area contributed by atoms with Crippen LogP contribution in [0.1, 0.15) is 35.7 Å². The summed E-state index contributed by atoms with van der Waals surface area (Å²) in [5, 5.41) is 22.9. The molecule has 2 aromatic heterocycles. The Balaban J connectivity index is 1.94. The predicted octanol–water partition coefficient (Wildman–Crippen LogP) is 0.0719. The lowest BCUT2D eigenvalue weighted by atomic mass is 10.00. The average molecular weight is 269 g/mol. The van der Waals surface area contributed by atoms with E-state index in [1.54, 1.807) is 4.52 Å². The van der Waals surface area contributed by atoms with E-state index >= 15 is 0 Å². The third-order valence-electron chi connectivity index (χ3n) is 3.13. The van der Waals surface area contributed by atoms with Crippen molar-refractivity contribution in [1.29, 1.82) is 0 Å². The topological polar surface area (TPSA) is 98.6 Å². The molecule has 98 valence electrons. The Labute approximate surface area is 108 Å². The van der Waals surface area contributed by atoms with Gasteiger partial charge >= 0.3 is 0 Å². The minimum atomic E-state index is -0.723. The Morgan fingerprint density at radius 2 is 2.22 bits per heavy atom. The van der Waals surface area contributed by atoms with Gasteiger partial charge in [0.25, 0.3) is 0 Å². The van der Waals surface area contributed by atoms with Crippen LogP contribution in [0.2, 0.25) is 0 Å². The number of hydrogen-bond donors (Lipinski definition) is 2. The van der Waals surface area contributed by atoms with Crippen molar-refractivity contribution in [2.75, 3.05) is 19.8 Å². The van der Waals surface area contributed by atoms with Crippen molar-refractivity contribution in [2.24, 2.45) is 5.73 Å². The molecule has 0 aliphatic carbocycles. The molecule has 0 bridgehead atoms. The quantitative estimate of drug-likeness (QED) is 0.818. The van der Waals surface area contributed by atoms with E-state index < -0.39 is 6.10 Å². The van der Waals surface area contributed by atoms with Crippen molar-refractivity contribution in [1.82, 2.24) is 19.8 Å². The highest BCUT2D eigenvalue weighted by atomic mass is 32.1. The summed E-state index contributed by atoms with van der Waals surface area (Å²) >= 11 is 1.33. The SMILES string of the molecule is NCC(O)c1nn2c(C3CCOCC3)nnc2s1. The molecule has 0 spiro atoms. The van der Waals surface area contributed by atoms with Crippen LogP contribution in [0, 0.1) is 0 Å². The van der Waals surface area contributed by atoms with Crippen LogP contribution in [-0.2, 0) is 4.74 Å². The number of aliphatic hydroxyl groups is 1. The minimum Gasteiger partial charge on any atom is -0.385 e. The molecule has 18 heavy (non-hydrogen) atoms. The first-order chi connectivity index (χ1) is 8.79. The molecule has 1 atom stereocenters. The van der Waals surface area contributed by atoms with Gasteiger partial charge in [0.2, 0.25) is 4.96 Å². The van der Waals surface area contributed by atoms with Crippen molar-refractivity contribution in [3.8, 4) is 0 Å². The minimum absolute atomic E-state index is 0.163. The van der Waals surface area contributed by atoms with Crippen LogP contribution in [0.15, 0.2) is 0 Å². The number of fused-ring (bicyclic) bond motifs is 1. The van der Waals surface area contributed by atoms with Gasteiger partial charge in [-0.05, 0) is 12.8 Å². The monoisotopic (exact) mass is 269 g/mol. The number of nitrogens with two attached hydrogens (primary N) is 1. The second-order valence-corrected chi connectivity index (χ2v) is 5.32. The summed E-state index contributed by atoms with van der Waals surface area (Å²) in [7, 11) is 0. The zero-order valence-electron chi connectivity index (χ0n) is 9.82. The standard InChI is InChI=1S/C10H15N5O2S/c11-5-7(16)9-14-15-8(12-13-10(15)18-9)6-1-3-17-4-2-6/h6-7,16H,1-5,11H2. The third-order valence-corrected chi connectivity index (χ3v) is 4.13. The molecule has 2 aromatic rings. The number of ether oxygens (including phenoxy) is 1. The van der Waals surface area contributed by atoms with Gasteiger partial charge in [-0.3, -0.25) is 0 Å². The van der Waals surface area contributed by atoms with E-state index in [1.807, 2.05) is 0 Å². The second-order valence-electron chi connectivity index (χ2n) is 4.33. The fraction of sp³-hybridized carbons (Fsp3) is 0.700. The molecule has 1 aliphatic heterocycles. The summed E-state index contributed by atoms with van der Waals surface area (Å²) in [6, 6.07) is 0. The molecule has 0 radical (unpaired) electrons. The summed E-state index contributed by atoms with van der Waals surface area (Å²) in [5.41, 5.74) is 5.43. The van der Waals surface area contributed by atoms with Gasteiger partial charge in [0, 0.05) is 25.7 Å². The lowest BCUT2D eigenvalue weighted by Gasteiger charge is -2.19. The molecule has 1 saturated heterocycles. The Morgan fingerprint density at radius 3 is 2.94 bits per heavy atom. The number of hydrogen-bond acceptors (Lipinski definition) is 7. The van der Waals surface area contributed by atoms with Crippen molar-refractivity contribution in [2.45, 2.75) is 24.9 Å². The van der Waals surface area contributed by atoms with Crippen molar-refractivity contribution in [3.05, 3.63) is 10.8 Å². The van der Waals surface area contributed by atoms with Gasteiger partial charge in [-0.15, -0.1) is 10.2 Å². The fourth-order valence-electron chi connectivity index (χ4n) is 2.09. The van der Waals surface area contributed by atoms with E-state index in [2.05, 4.69) is 15.3 Å². The fourth-order valence-corrected chi connectivity index (χ4v) is 2.94. The zero-order valence-corrected chi connectivity index (χ0v) is 10.6. The van der Waals surface area contributed by atoms with E-state index in [0.717, 1.165) is 31.9 Å². The van der Waals surface area contributed by atoms with Gasteiger partial charge in [0.05, 0.1) is 0 Å². The molecule has 0 amide bonds. The van der Waals surface area contributed by atoms with E-state index in [4.69, 9.17) is 10.5 Å². The Kier molecular flexibility index (Phi) is 3.25. The second kappa shape index (κ2) is 4.88. The van der Waals surface area contributed by atoms with Gasteiger partial charge in [0.1, 0.15) is 11.1 Å². The summed E-state index contributed by atoms with van der Waals surface area (Å²) in [5.74, 6) is 1.19. The van der Waals surface area contributed by atoms with Crippen molar-refractivity contribution < 1.29 is 9.84 Å². The van der Waals surface area contributed by atoms with Crippen LogP contribution in [-0.4, -0.2) is 44.7 Å². The largest absolute Gasteiger partial charge is 0.385 e. The summed E-state index contributed by atoms with van der Waals surface area (Å²) in [4.78, 5) is 0.707. The number of nitrogens with zero attached hydrogens (tertiary/aromatic N) is 4. The Hall–Kier alpha value is -1.09. The average Bonchev–Trinajstić information content (AvgIpc) is 2.98. The first kappa shape index (κ1) is 12.0. The molecular formula is C10H15N5O2S. The maximum Gasteiger partial charge on any atom is 0.234 e. The van der Waals surface area contributed by atoms with Gasteiger partial charge in [-0.25, -0.2) is 0 Å². The Morgan fingerprint density at radius 1 is 1.44 bits per heavy atom. The van der Waals surface area contributed by atoms with Crippen LogP contribution < -0.4 is 5.73 Å². The summed E-state index contributed by atoms with van der Waals surface area (Å²) < 4.78 is 7.07. The maximum absolute atomic E-state index is 9.69. The van der Waals surface area contributed by atoms with Crippen LogP contribution in [0.5, 0.6) is 0 Å². The van der Waals surface area contributed by atoms with Crippen LogP contribution >= 0.6 is 11.3 Å². The number of rotatable bonds is 3. The van der Waals surface area contributed by atoms with E-state index in [9.17, 15) is 5.11 Å². The molecule has 7 nitrogen and oxygen atoms in total. The summed E-state index contributed by atoms with van der Waals surface area (Å²) in [6.07, 6.45) is 1.15. The molecule has 1 unspecified atom stereocenters. The van der Waals surface area contributed by atoms with Gasteiger partial charge < -0.3 is 15.6 Å². The van der Waals surface area contributed by atoms with Crippen molar-refractivity contribution in [3.63, 3.8) is 0 Å². The molecular weight excluding hydrogens is 254 g/mol. The van der Waals surface area contributed by atoms with E-state index in [1.165, 1.54) is 11.3 Å². The maximum atomic E-state index is 9.69. The van der Waals surface area contributed by atoms with E-state index in [0.29, 0.717) is 15.9 Å². The van der Waals surface area contributed by atoms with E-state index in [-0.39, 0.29) is 6.54 Å². The molecule has 8 heteroatoms. The molecule has 1 fully saturated rings. The summed E-state index contributed by atoms with van der Waals surface area (Å²) in [6.45, 7) is 1.67. The number of aliphatic hydroxyl groups excluding tert-OH is 1. The Bertz CT molecular complexity index is 533. The normalized spacial score (nSPS) is 19.4. The van der Waals surface area contributed by atoms with Gasteiger partial charge in [-0.1, -0.05) is 11.3 Å². The lowest BCUT2D eigenvalue weighted by Crippen LogP contribution is -2.17. The van der Waals surface area contributed by atoms with Gasteiger partial charge in [0.15, 0.2) is 5.82 Å². The zero-order chi connectivity index (χ0) is 12.5. The third kappa shape index (κ3) is 2.01. The van der Waals surface area contributed by atoms with Crippen LogP contribution in [0.3, 0.4) is 0 Å². The molecule has 3 rings (SSSR count). The molecule has 0 aromatic carbocycles. The molecule has 0 saturated carbocycles. The first-order valence-corrected chi connectivity index (χ1v) is 6.79. The van der Waals surface area contributed by atoms with Crippen molar-refractivity contribution >= 4 is 16.3 Å². The molecule has 1 aliphatic rings. The number of aromatic nitrogens is 4. The molecule has 3 heterocycles. The first-order valence-electron chi connectivity index (χ1n) is 5.97. The van der Waals surface area contributed by atoms with Crippen LogP contribution in [0.4, 0.5) is 0 Å². The lowest BCUT2D eigenvalue weighted by molar-refractivity contribution is 0.0831. The highest BCUT2D eigenvalue weighted by Crippen LogP contribution is 2.28. The van der Waals surface area contributed by atoms with Crippen LogP contribution in [0.25, 0.3) is 4.96 Å². The highest BCUT2D eigenvalue weighted by molar-refractivity contribution is 7.16. The predicted molar refractivity (Wildman–Crippen MR) is 65.5 cm³/mol. The van der Waals surface area contributed by atoms with Gasteiger partial charge in [-0.2, -0.15) is 9.61 Å². The molecule has 3 N–H and O–H groups in total. The smallest absolute Gasteiger partial charge is 0.234 e.